The first kappa shape index (κ1) is 11.5. The van der Waals surface area contributed by atoms with Gasteiger partial charge in [-0.2, -0.15) is 25.3 Å². The average Bonchev–Trinajstić information content (AvgIpc) is 2.07. The first-order chi connectivity index (χ1) is 6.50. The van der Waals surface area contributed by atoms with Crippen molar-refractivity contribution >= 4 is 31.0 Å². The molecule has 76 valence electrons. The van der Waals surface area contributed by atoms with Gasteiger partial charge in [0, 0.05) is 10.1 Å². The number of Topliss-reactive ketones (excluding diaryl/α,β-unsaturated/α-hetero) is 1. The number of benzene rings is 1. The van der Waals surface area contributed by atoms with Gasteiger partial charge in [0.2, 0.25) is 0 Å². The summed E-state index contributed by atoms with van der Waals surface area (Å²) < 4.78 is -0.136. The van der Waals surface area contributed by atoms with E-state index in [9.17, 15) is 9.90 Å². The molecule has 1 N–H and O–H groups in total. The first-order valence-corrected chi connectivity index (χ1v) is 5.23. The Morgan fingerprint density at radius 2 is 2.14 bits per heavy atom. The molecule has 1 rings (SSSR count). The van der Waals surface area contributed by atoms with Crippen molar-refractivity contribution in [1.82, 2.24) is 0 Å². The molecular weight excluding hydrogens is 216 g/mol. The standard InChI is InChI=1S/C10H12O2S2/c1-6(11)7-2-3-9(12)8(4-7)5-10(13)14/h2-4,10,12-14H,5H2,1H3. The number of hydrogen-bond donors (Lipinski definition) is 3. The SMILES string of the molecule is CC(=O)c1ccc(O)c(CC(S)S)c1. The predicted octanol–water partition coefficient (Wildman–Crippen LogP) is 2.32. The summed E-state index contributed by atoms with van der Waals surface area (Å²) >= 11 is 8.22. The quantitative estimate of drug-likeness (QED) is 0.422. The molecule has 0 unspecified atom stereocenters. The summed E-state index contributed by atoms with van der Waals surface area (Å²) in [6, 6.07) is 4.81. The van der Waals surface area contributed by atoms with E-state index < -0.39 is 0 Å². The number of carbonyl (C=O) groups is 1. The molecule has 0 aliphatic heterocycles. The third-order valence-electron chi connectivity index (χ3n) is 1.89. The van der Waals surface area contributed by atoms with E-state index in [1.54, 1.807) is 12.1 Å². The monoisotopic (exact) mass is 228 g/mol. The van der Waals surface area contributed by atoms with Crippen molar-refractivity contribution in [1.29, 1.82) is 0 Å². The van der Waals surface area contributed by atoms with Crippen LogP contribution in [0.25, 0.3) is 0 Å². The summed E-state index contributed by atoms with van der Waals surface area (Å²) in [6.45, 7) is 1.50. The van der Waals surface area contributed by atoms with Crippen molar-refractivity contribution in [2.75, 3.05) is 0 Å². The zero-order chi connectivity index (χ0) is 10.7. The van der Waals surface area contributed by atoms with Gasteiger partial charge in [-0.05, 0) is 37.1 Å². The Hall–Kier alpha value is -0.610. The fourth-order valence-corrected chi connectivity index (χ4v) is 1.56. The largest absolute Gasteiger partial charge is 0.508 e. The van der Waals surface area contributed by atoms with Crippen molar-refractivity contribution in [3.05, 3.63) is 29.3 Å². The third kappa shape index (κ3) is 2.96. The van der Waals surface area contributed by atoms with Gasteiger partial charge in [-0.25, -0.2) is 0 Å². The van der Waals surface area contributed by atoms with E-state index in [-0.39, 0.29) is 16.1 Å². The van der Waals surface area contributed by atoms with Crippen LogP contribution in [0.4, 0.5) is 0 Å². The van der Waals surface area contributed by atoms with E-state index in [0.717, 1.165) is 0 Å². The number of phenols is 1. The zero-order valence-electron chi connectivity index (χ0n) is 7.77. The number of hydrogen-bond acceptors (Lipinski definition) is 4. The highest BCUT2D eigenvalue weighted by molar-refractivity contribution is 7.99. The molecular formula is C10H12O2S2. The van der Waals surface area contributed by atoms with E-state index in [4.69, 9.17) is 0 Å². The normalized spacial score (nSPS) is 10.6. The molecule has 0 spiro atoms. The van der Waals surface area contributed by atoms with E-state index in [1.807, 2.05) is 0 Å². The van der Waals surface area contributed by atoms with E-state index in [2.05, 4.69) is 25.3 Å². The Morgan fingerprint density at radius 3 is 2.64 bits per heavy atom. The van der Waals surface area contributed by atoms with Gasteiger partial charge in [-0.3, -0.25) is 4.79 Å². The van der Waals surface area contributed by atoms with Crippen LogP contribution < -0.4 is 0 Å². The lowest BCUT2D eigenvalue weighted by Gasteiger charge is -2.07. The molecule has 1 aromatic carbocycles. The molecule has 4 heteroatoms. The lowest BCUT2D eigenvalue weighted by atomic mass is 10.1. The molecule has 0 aliphatic rings. The van der Waals surface area contributed by atoms with Crippen LogP contribution in [-0.2, 0) is 6.42 Å². The summed E-state index contributed by atoms with van der Waals surface area (Å²) in [5, 5.41) is 9.49. The van der Waals surface area contributed by atoms with Crippen LogP contribution in [0.1, 0.15) is 22.8 Å². The molecule has 0 atom stereocenters. The van der Waals surface area contributed by atoms with Gasteiger partial charge < -0.3 is 5.11 Å². The lowest BCUT2D eigenvalue weighted by molar-refractivity contribution is 0.101. The van der Waals surface area contributed by atoms with Crippen LogP contribution >= 0.6 is 25.3 Å². The molecule has 0 saturated heterocycles. The average molecular weight is 228 g/mol. The number of phenolic OH excluding ortho intramolecular Hbond substituents is 1. The maximum Gasteiger partial charge on any atom is 0.159 e. The minimum atomic E-state index is -0.136. The molecule has 0 radical (unpaired) electrons. The Bertz CT molecular complexity index is 348. The number of rotatable bonds is 3. The van der Waals surface area contributed by atoms with Crippen LogP contribution in [0.15, 0.2) is 18.2 Å². The van der Waals surface area contributed by atoms with Gasteiger partial charge in [0.15, 0.2) is 5.78 Å². The number of ketones is 1. The maximum atomic E-state index is 11.1. The van der Waals surface area contributed by atoms with Gasteiger partial charge >= 0.3 is 0 Å². The zero-order valence-corrected chi connectivity index (χ0v) is 9.56. The third-order valence-corrected chi connectivity index (χ3v) is 2.25. The summed E-state index contributed by atoms with van der Waals surface area (Å²) in [5.74, 6) is 0.171. The highest BCUT2D eigenvalue weighted by atomic mass is 32.2. The molecule has 14 heavy (non-hydrogen) atoms. The van der Waals surface area contributed by atoms with Gasteiger partial charge in [0.05, 0.1) is 0 Å². The summed E-state index contributed by atoms with van der Waals surface area (Å²) in [5.41, 5.74) is 1.30. The van der Waals surface area contributed by atoms with Crippen molar-refractivity contribution < 1.29 is 9.90 Å². The lowest BCUT2D eigenvalue weighted by Crippen LogP contribution is -1.98. The fourth-order valence-electron chi connectivity index (χ4n) is 1.16. The molecule has 0 saturated carbocycles. The second-order valence-electron chi connectivity index (χ2n) is 3.08. The number of carbonyl (C=O) groups excluding carboxylic acids is 1. The van der Waals surface area contributed by atoms with Crippen LogP contribution in [0.2, 0.25) is 0 Å². The maximum absolute atomic E-state index is 11.1. The second-order valence-corrected chi connectivity index (χ2v) is 4.74. The van der Waals surface area contributed by atoms with E-state index in [0.29, 0.717) is 17.5 Å². The van der Waals surface area contributed by atoms with Crippen LogP contribution in [0, 0.1) is 0 Å². The van der Waals surface area contributed by atoms with Gasteiger partial charge in [0.25, 0.3) is 0 Å². The molecule has 2 nitrogen and oxygen atoms in total. The summed E-state index contributed by atoms with van der Waals surface area (Å²) in [7, 11) is 0. The van der Waals surface area contributed by atoms with Crippen molar-refractivity contribution in [3.63, 3.8) is 0 Å². The Labute approximate surface area is 94.2 Å². The smallest absolute Gasteiger partial charge is 0.159 e. The fraction of sp³-hybridized carbons (Fsp3) is 0.300. The topological polar surface area (TPSA) is 37.3 Å². The Morgan fingerprint density at radius 1 is 1.50 bits per heavy atom. The second kappa shape index (κ2) is 4.75. The molecule has 0 aromatic heterocycles. The van der Waals surface area contributed by atoms with Gasteiger partial charge in [-0.15, -0.1) is 0 Å². The van der Waals surface area contributed by atoms with Crippen LogP contribution in [0.3, 0.4) is 0 Å². The predicted molar refractivity (Wildman–Crippen MR) is 63.6 cm³/mol. The molecule has 0 bridgehead atoms. The summed E-state index contributed by atoms with van der Waals surface area (Å²) in [4.78, 5) is 11.1. The Balaban J connectivity index is 3.02. The van der Waals surface area contributed by atoms with Crippen LogP contribution in [0.5, 0.6) is 5.75 Å². The minimum absolute atomic E-state index is 0.0128. The minimum Gasteiger partial charge on any atom is -0.508 e. The molecule has 0 amide bonds. The molecule has 0 heterocycles. The highest BCUT2D eigenvalue weighted by Crippen LogP contribution is 2.22. The number of aromatic hydroxyl groups is 1. The number of thiol groups is 2. The molecule has 1 aromatic rings. The molecule has 0 aliphatic carbocycles. The van der Waals surface area contributed by atoms with Crippen molar-refractivity contribution in [3.8, 4) is 5.75 Å². The van der Waals surface area contributed by atoms with Gasteiger partial charge in [-0.1, -0.05) is 0 Å². The van der Waals surface area contributed by atoms with Gasteiger partial charge in [0.1, 0.15) is 5.75 Å². The Kier molecular flexibility index (Phi) is 3.89. The van der Waals surface area contributed by atoms with Crippen molar-refractivity contribution in [2.45, 2.75) is 17.9 Å². The highest BCUT2D eigenvalue weighted by Gasteiger charge is 2.07. The van der Waals surface area contributed by atoms with Crippen LogP contribution in [-0.4, -0.2) is 15.5 Å². The summed E-state index contributed by atoms with van der Waals surface area (Å²) in [6.07, 6.45) is 0.527. The first-order valence-electron chi connectivity index (χ1n) is 4.19. The van der Waals surface area contributed by atoms with E-state index in [1.165, 1.54) is 13.0 Å². The van der Waals surface area contributed by atoms with Crippen molar-refractivity contribution in [2.24, 2.45) is 0 Å². The van der Waals surface area contributed by atoms with E-state index >= 15 is 0 Å². The molecule has 0 fully saturated rings.